The van der Waals surface area contributed by atoms with Crippen molar-refractivity contribution < 1.29 is 18.1 Å². The highest BCUT2D eigenvalue weighted by atomic mass is 35.5. The predicted octanol–water partition coefficient (Wildman–Crippen LogP) is 2.82. The molecule has 0 heterocycles. The van der Waals surface area contributed by atoms with Crippen LogP contribution in [-0.2, 0) is 14.8 Å². The first kappa shape index (κ1) is 19.8. The molecule has 10 heteroatoms. The third-order valence-corrected chi connectivity index (χ3v) is 5.26. The summed E-state index contributed by atoms with van der Waals surface area (Å²) in [5, 5.41) is 13.5. The van der Waals surface area contributed by atoms with Gasteiger partial charge in [-0.2, -0.15) is 4.31 Å². The number of anilines is 1. The van der Waals surface area contributed by atoms with Crippen LogP contribution >= 0.6 is 11.6 Å². The maximum atomic E-state index is 12.8. The van der Waals surface area contributed by atoms with Crippen molar-refractivity contribution in [1.29, 1.82) is 0 Å². The van der Waals surface area contributed by atoms with E-state index in [9.17, 15) is 23.3 Å². The zero-order valence-corrected chi connectivity index (χ0v) is 15.5. The van der Waals surface area contributed by atoms with Gasteiger partial charge in [0.05, 0.1) is 21.9 Å². The topological polar surface area (TPSA) is 110 Å². The van der Waals surface area contributed by atoms with Crippen LogP contribution in [0.1, 0.15) is 11.6 Å². The minimum atomic E-state index is -3.69. The van der Waals surface area contributed by atoms with Gasteiger partial charge in [0.15, 0.2) is 0 Å². The first-order valence-electron chi connectivity index (χ1n) is 7.34. The molecular weight excluding hydrogens is 382 g/mol. The van der Waals surface area contributed by atoms with Gasteiger partial charge in [0, 0.05) is 19.2 Å². The van der Waals surface area contributed by atoms with Crippen molar-refractivity contribution in [2.75, 3.05) is 18.6 Å². The van der Waals surface area contributed by atoms with Gasteiger partial charge in [-0.25, -0.2) is 8.42 Å². The Balaban J connectivity index is 2.42. The zero-order chi connectivity index (χ0) is 19.5. The summed E-state index contributed by atoms with van der Waals surface area (Å²) >= 11 is 6.00. The van der Waals surface area contributed by atoms with E-state index < -0.39 is 26.9 Å². The number of hydrogen-bond acceptors (Lipinski definition) is 5. The van der Waals surface area contributed by atoms with Gasteiger partial charge >= 0.3 is 0 Å². The molecule has 0 saturated heterocycles. The Hall–Kier alpha value is -2.49. The van der Waals surface area contributed by atoms with Crippen LogP contribution < -0.4 is 5.32 Å². The molecule has 0 aliphatic rings. The maximum absolute atomic E-state index is 12.8. The van der Waals surface area contributed by atoms with E-state index in [0.717, 1.165) is 16.6 Å². The SMILES string of the molecule is CN(C(C(=O)Nc1cc([N+](=O)[O-])ccc1Cl)c1ccccc1)S(C)(=O)=O. The van der Waals surface area contributed by atoms with E-state index in [-0.39, 0.29) is 16.4 Å². The molecule has 0 spiro atoms. The van der Waals surface area contributed by atoms with E-state index in [1.165, 1.54) is 19.2 Å². The normalized spacial score (nSPS) is 12.6. The van der Waals surface area contributed by atoms with Crippen LogP contribution in [0.2, 0.25) is 5.02 Å². The number of non-ortho nitro benzene ring substituents is 1. The van der Waals surface area contributed by atoms with Gasteiger partial charge in [0.25, 0.3) is 5.69 Å². The molecule has 138 valence electrons. The molecule has 0 bridgehead atoms. The van der Waals surface area contributed by atoms with Gasteiger partial charge in [0.1, 0.15) is 6.04 Å². The van der Waals surface area contributed by atoms with Crippen LogP contribution in [-0.4, -0.2) is 36.9 Å². The van der Waals surface area contributed by atoms with Crippen molar-refractivity contribution in [3.05, 3.63) is 69.2 Å². The fourth-order valence-electron chi connectivity index (χ4n) is 2.28. The van der Waals surface area contributed by atoms with E-state index in [1.54, 1.807) is 30.3 Å². The minimum absolute atomic E-state index is 0.0219. The molecule has 1 unspecified atom stereocenters. The fraction of sp³-hybridized carbons (Fsp3) is 0.188. The summed E-state index contributed by atoms with van der Waals surface area (Å²) in [6.07, 6.45) is 0.983. The van der Waals surface area contributed by atoms with E-state index in [0.29, 0.717) is 5.56 Å². The number of nitrogens with one attached hydrogen (secondary N) is 1. The molecule has 1 N–H and O–H groups in total. The molecule has 2 aromatic carbocycles. The Bertz CT molecular complexity index is 934. The summed E-state index contributed by atoms with van der Waals surface area (Å²) in [6, 6.07) is 10.7. The number of nitro groups is 1. The molecule has 2 rings (SSSR count). The summed E-state index contributed by atoms with van der Waals surface area (Å²) < 4.78 is 24.8. The highest BCUT2D eigenvalue weighted by Crippen LogP contribution is 2.29. The van der Waals surface area contributed by atoms with Crippen molar-refractivity contribution in [2.45, 2.75) is 6.04 Å². The Morgan fingerprint density at radius 2 is 1.85 bits per heavy atom. The lowest BCUT2D eigenvalue weighted by Crippen LogP contribution is -2.38. The number of carbonyl (C=O) groups is 1. The third-order valence-electron chi connectivity index (χ3n) is 3.67. The number of rotatable bonds is 6. The molecule has 26 heavy (non-hydrogen) atoms. The monoisotopic (exact) mass is 397 g/mol. The van der Waals surface area contributed by atoms with Gasteiger partial charge in [-0.1, -0.05) is 41.9 Å². The van der Waals surface area contributed by atoms with Crippen molar-refractivity contribution in [3.8, 4) is 0 Å². The highest BCUT2D eigenvalue weighted by molar-refractivity contribution is 7.88. The van der Waals surface area contributed by atoms with Crippen LogP contribution in [0.15, 0.2) is 48.5 Å². The van der Waals surface area contributed by atoms with Crippen LogP contribution in [0, 0.1) is 10.1 Å². The van der Waals surface area contributed by atoms with Crippen molar-refractivity contribution >= 4 is 38.9 Å². The Morgan fingerprint density at radius 1 is 1.23 bits per heavy atom. The molecule has 0 radical (unpaired) electrons. The molecule has 0 aliphatic carbocycles. The summed E-state index contributed by atoms with van der Waals surface area (Å²) in [6.45, 7) is 0. The second kappa shape index (κ2) is 7.81. The lowest BCUT2D eigenvalue weighted by molar-refractivity contribution is -0.384. The number of benzene rings is 2. The Kier molecular flexibility index (Phi) is 5.96. The summed E-state index contributed by atoms with van der Waals surface area (Å²) in [4.78, 5) is 23.1. The number of halogens is 1. The Labute approximate surface area is 155 Å². The van der Waals surface area contributed by atoms with E-state index in [4.69, 9.17) is 11.6 Å². The van der Waals surface area contributed by atoms with Crippen molar-refractivity contribution in [2.24, 2.45) is 0 Å². The number of sulfonamides is 1. The molecule has 0 saturated carbocycles. The smallest absolute Gasteiger partial charge is 0.271 e. The highest BCUT2D eigenvalue weighted by Gasteiger charge is 2.31. The molecule has 0 fully saturated rings. The third kappa shape index (κ3) is 4.57. The second-order valence-electron chi connectivity index (χ2n) is 5.50. The summed E-state index contributed by atoms with van der Waals surface area (Å²) in [5.41, 5.74) is 0.214. The number of carbonyl (C=O) groups excluding carboxylic acids is 1. The van der Waals surface area contributed by atoms with Gasteiger partial charge < -0.3 is 5.32 Å². The number of hydrogen-bond donors (Lipinski definition) is 1. The quantitative estimate of drug-likeness (QED) is 0.595. The van der Waals surface area contributed by atoms with Gasteiger partial charge in [-0.15, -0.1) is 0 Å². The minimum Gasteiger partial charge on any atom is -0.323 e. The number of likely N-dealkylation sites (N-methyl/N-ethyl adjacent to an activating group) is 1. The van der Waals surface area contributed by atoms with Gasteiger partial charge in [-0.3, -0.25) is 14.9 Å². The molecule has 8 nitrogen and oxygen atoms in total. The van der Waals surface area contributed by atoms with Gasteiger partial charge in [0.2, 0.25) is 15.9 Å². The first-order chi connectivity index (χ1) is 12.1. The molecule has 1 atom stereocenters. The first-order valence-corrected chi connectivity index (χ1v) is 9.56. The van der Waals surface area contributed by atoms with Crippen LogP contribution in [0.3, 0.4) is 0 Å². The number of nitro benzene ring substituents is 1. The van der Waals surface area contributed by atoms with Crippen molar-refractivity contribution in [1.82, 2.24) is 4.31 Å². The zero-order valence-electron chi connectivity index (χ0n) is 13.9. The fourth-order valence-corrected chi connectivity index (χ4v) is 3.04. The second-order valence-corrected chi connectivity index (χ2v) is 7.95. The molecule has 0 aromatic heterocycles. The number of nitrogens with zero attached hydrogens (tertiary/aromatic N) is 2. The van der Waals surface area contributed by atoms with Gasteiger partial charge in [-0.05, 0) is 11.6 Å². The van der Waals surface area contributed by atoms with Crippen LogP contribution in [0.25, 0.3) is 0 Å². The average Bonchev–Trinajstić information content (AvgIpc) is 2.57. The standard InChI is InChI=1S/C16H16ClN3O5S/c1-19(26(2,24)25)15(11-6-4-3-5-7-11)16(21)18-14-10-12(20(22)23)8-9-13(14)17/h3-10,15H,1-2H3,(H,18,21). The lowest BCUT2D eigenvalue weighted by atomic mass is 10.1. The van der Waals surface area contributed by atoms with Crippen LogP contribution in [0.5, 0.6) is 0 Å². The largest absolute Gasteiger partial charge is 0.323 e. The maximum Gasteiger partial charge on any atom is 0.271 e. The summed E-state index contributed by atoms with van der Waals surface area (Å²) in [5.74, 6) is -0.688. The molecule has 0 aliphatic heterocycles. The molecular formula is C16H16ClN3O5S. The molecule has 2 aromatic rings. The summed E-state index contributed by atoms with van der Waals surface area (Å²) in [7, 11) is -2.41. The van der Waals surface area contributed by atoms with Crippen molar-refractivity contribution in [3.63, 3.8) is 0 Å². The van der Waals surface area contributed by atoms with Crippen LogP contribution in [0.4, 0.5) is 11.4 Å². The van der Waals surface area contributed by atoms with E-state index >= 15 is 0 Å². The Morgan fingerprint density at radius 3 is 2.38 bits per heavy atom. The van der Waals surface area contributed by atoms with E-state index in [2.05, 4.69) is 5.32 Å². The average molecular weight is 398 g/mol. The van der Waals surface area contributed by atoms with E-state index in [1.807, 2.05) is 0 Å². The number of amides is 1. The predicted molar refractivity (Wildman–Crippen MR) is 98.5 cm³/mol. The molecule has 1 amide bonds. The lowest BCUT2D eigenvalue weighted by Gasteiger charge is -2.25.